The van der Waals surface area contributed by atoms with Crippen molar-refractivity contribution in [3.63, 3.8) is 0 Å². The van der Waals surface area contributed by atoms with E-state index < -0.39 is 4.92 Å². The van der Waals surface area contributed by atoms with E-state index in [0.29, 0.717) is 17.5 Å². The molecule has 1 heterocycles. The van der Waals surface area contributed by atoms with Gasteiger partial charge >= 0.3 is 0 Å². The topological polar surface area (TPSA) is 88.2 Å². The van der Waals surface area contributed by atoms with Crippen LogP contribution in [0.3, 0.4) is 0 Å². The first-order valence-corrected chi connectivity index (χ1v) is 8.33. The van der Waals surface area contributed by atoms with E-state index in [-0.39, 0.29) is 11.6 Å². The van der Waals surface area contributed by atoms with Crippen molar-refractivity contribution in [1.82, 2.24) is 4.90 Å². The predicted octanol–water partition coefficient (Wildman–Crippen LogP) is 3.20. The summed E-state index contributed by atoms with van der Waals surface area (Å²) in [6.07, 6.45) is 1.66. The molecule has 1 saturated heterocycles. The van der Waals surface area contributed by atoms with Crippen LogP contribution < -0.4 is 0 Å². The average molecular weight is 334 g/mol. The van der Waals surface area contributed by atoms with E-state index in [1.165, 1.54) is 23.9 Å². The Balaban J connectivity index is 2.15. The lowest BCUT2D eigenvalue weighted by molar-refractivity contribution is -0.384. The molecule has 1 fully saturated rings. The number of benzene rings is 1. The number of rotatable bonds is 6. The minimum absolute atomic E-state index is 0.0307. The first-order valence-electron chi connectivity index (χ1n) is 7.35. The summed E-state index contributed by atoms with van der Waals surface area (Å²) in [5.41, 5.74) is 1.83. The molecule has 0 saturated carbocycles. The van der Waals surface area contributed by atoms with Crippen molar-refractivity contribution < 1.29 is 9.72 Å². The summed E-state index contributed by atoms with van der Waals surface area (Å²) in [5, 5.41) is 19.7. The normalized spacial score (nSPS) is 16.0. The van der Waals surface area contributed by atoms with Crippen molar-refractivity contribution in [2.75, 3.05) is 5.75 Å². The van der Waals surface area contributed by atoms with Crippen molar-refractivity contribution in [3.8, 4) is 0 Å². The zero-order valence-corrected chi connectivity index (χ0v) is 13.9. The number of carbonyl (C=O) groups excluding carboxylic acids is 1. The Bertz CT molecular complexity index is 649. The zero-order valence-electron chi connectivity index (χ0n) is 13.1. The summed E-state index contributed by atoms with van der Waals surface area (Å²) in [5.74, 6) is 0.311. The molecule has 0 N–H and O–H groups in total. The Morgan fingerprint density at radius 3 is 2.52 bits per heavy atom. The van der Waals surface area contributed by atoms with Crippen molar-refractivity contribution in [1.29, 1.82) is 0 Å². The number of hydrogen-bond acceptors (Lipinski definition) is 6. The number of nitrogens with zero attached hydrogens (tertiary/aromatic N) is 4. The summed E-state index contributed by atoms with van der Waals surface area (Å²) < 4.78 is 0. The van der Waals surface area contributed by atoms with Gasteiger partial charge < -0.3 is 0 Å². The highest BCUT2D eigenvalue weighted by Gasteiger charge is 2.28. The quantitative estimate of drug-likeness (QED) is 0.454. The molecular formula is C15H18N4O3S. The molecule has 1 amide bonds. The number of thioether (sulfide) groups is 1. The van der Waals surface area contributed by atoms with Gasteiger partial charge in [0.15, 0.2) is 5.17 Å². The Kier molecular flexibility index (Phi) is 5.86. The molecule has 8 heteroatoms. The van der Waals surface area contributed by atoms with Gasteiger partial charge in [0.05, 0.1) is 17.2 Å². The van der Waals surface area contributed by atoms with E-state index in [4.69, 9.17) is 0 Å². The van der Waals surface area contributed by atoms with Gasteiger partial charge in [-0.1, -0.05) is 37.7 Å². The first-order chi connectivity index (χ1) is 11.0. The maximum Gasteiger partial charge on any atom is 0.269 e. The average Bonchev–Trinajstić information content (AvgIpc) is 2.89. The molecule has 1 aromatic carbocycles. The van der Waals surface area contributed by atoms with Gasteiger partial charge in [-0.15, -0.1) is 5.10 Å². The lowest BCUT2D eigenvalue weighted by atomic mass is 10.2. The molecule has 0 aliphatic carbocycles. The Morgan fingerprint density at radius 1 is 1.30 bits per heavy atom. The Labute approximate surface area is 138 Å². The van der Waals surface area contributed by atoms with E-state index in [0.717, 1.165) is 24.1 Å². The molecule has 0 atom stereocenters. The van der Waals surface area contributed by atoms with Gasteiger partial charge in [-0.25, -0.2) is 0 Å². The summed E-state index contributed by atoms with van der Waals surface area (Å²) >= 11 is 1.36. The maximum atomic E-state index is 12.0. The maximum absolute atomic E-state index is 12.0. The fraction of sp³-hybridized carbons (Fsp3) is 0.400. The van der Waals surface area contributed by atoms with Crippen molar-refractivity contribution in [2.24, 2.45) is 10.2 Å². The highest BCUT2D eigenvalue weighted by molar-refractivity contribution is 8.15. The molecule has 1 aliphatic heterocycles. The van der Waals surface area contributed by atoms with Gasteiger partial charge in [-0.2, -0.15) is 5.10 Å². The molecule has 0 bridgehead atoms. The summed E-state index contributed by atoms with van der Waals surface area (Å²) in [6, 6.07) is 6.17. The number of nitro groups is 1. The third-order valence-corrected chi connectivity index (χ3v) is 4.39. The minimum atomic E-state index is -0.445. The molecule has 0 radical (unpaired) electrons. The van der Waals surface area contributed by atoms with Crippen LogP contribution in [0, 0.1) is 10.1 Å². The van der Waals surface area contributed by atoms with E-state index in [1.54, 1.807) is 17.0 Å². The highest BCUT2D eigenvalue weighted by Crippen LogP contribution is 2.23. The fourth-order valence-corrected chi connectivity index (χ4v) is 2.87. The predicted molar refractivity (Wildman–Crippen MR) is 91.6 cm³/mol. The Hall–Kier alpha value is -2.22. The van der Waals surface area contributed by atoms with Crippen LogP contribution in [0.5, 0.6) is 0 Å². The van der Waals surface area contributed by atoms with Crippen LogP contribution in [0.4, 0.5) is 5.69 Å². The van der Waals surface area contributed by atoms with E-state index in [2.05, 4.69) is 10.2 Å². The van der Waals surface area contributed by atoms with Crippen molar-refractivity contribution in [2.45, 2.75) is 33.2 Å². The first kappa shape index (κ1) is 17.1. The molecular weight excluding hydrogens is 316 g/mol. The lowest BCUT2D eigenvalue weighted by Crippen LogP contribution is -2.28. The number of non-ortho nitro benzene ring substituents is 1. The van der Waals surface area contributed by atoms with E-state index in [1.807, 2.05) is 13.8 Å². The van der Waals surface area contributed by atoms with Gasteiger partial charge in [0.1, 0.15) is 0 Å². The van der Waals surface area contributed by atoms with Crippen LogP contribution in [0.1, 0.15) is 32.3 Å². The van der Waals surface area contributed by atoms with E-state index in [9.17, 15) is 14.9 Å². The highest BCUT2D eigenvalue weighted by atomic mass is 32.2. The smallest absolute Gasteiger partial charge is 0.269 e. The zero-order chi connectivity index (χ0) is 16.8. The number of amidine groups is 1. The fourth-order valence-electron chi connectivity index (χ4n) is 2.04. The Morgan fingerprint density at radius 2 is 1.96 bits per heavy atom. The van der Waals surface area contributed by atoms with Crippen molar-refractivity contribution >= 4 is 34.2 Å². The van der Waals surface area contributed by atoms with Crippen molar-refractivity contribution in [3.05, 3.63) is 39.9 Å². The third-order valence-electron chi connectivity index (χ3n) is 3.44. The molecule has 7 nitrogen and oxygen atoms in total. The number of carbonyl (C=O) groups is 1. The van der Waals surface area contributed by atoms with Crippen LogP contribution in [-0.4, -0.2) is 32.4 Å². The van der Waals surface area contributed by atoms with Crippen LogP contribution in [-0.2, 0) is 11.3 Å². The molecule has 0 aromatic heterocycles. The number of hydrogen-bond donors (Lipinski definition) is 0. The molecule has 122 valence electrons. The van der Waals surface area contributed by atoms with Gasteiger partial charge in [0, 0.05) is 17.8 Å². The molecule has 2 rings (SSSR count). The summed E-state index contributed by atoms with van der Waals surface area (Å²) in [7, 11) is 0. The molecule has 0 unspecified atom stereocenters. The third kappa shape index (κ3) is 4.38. The van der Waals surface area contributed by atoms with Crippen LogP contribution >= 0.6 is 11.8 Å². The number of nitro benzene ring substituents is 1. The summed E-state index contributed by atoms with van der Waals surface area (Å²) in [4.78, 5) is 23.8. The molecule has 23 heavy (non-hydrogen) atoms. The van der Waals surface area contributed by atoms with Crippen LogP contribution in [0.2, 0.25) is 0 Å². The van der Waals surface area contributed by atoms with Gasteiger partial charge in [-0.05, 0) is 18.4 Å². The molecule has 1 aliphatic rings. The lowest BCUT2D eigenvalue weighted by Gasteiger charge is -2.15. The second kappa shape index (κ2) is 7.87. The molecule has 1 aromatic rings. The summed E-state index contributed by atoms with van der Waals surface area (Å²) in [6.45, 7) is 4.37. The largest absolute Gasteiger partial charge is 0.285 e. The molecule has 0 spiro atoms. The number of amides is 1. The monoisotopic (exact) mass is 334 g/mol. The second-order valence-corrected chi connectivity index (χ2v) is 5.89. The van der Waals surface area contributed by atoms with Gasteiger partial charge in [0.2, 0.25) is 5.91 Å². The second-order valence-electron chi connectivity index (χ2n) is 4.95. The SMILES string of the molecule is CCC(CC)=N/N=C1\SCC(=O)N1Cc1ccc([N+](=O)[O-])cc1. The van der Waals surface area contributed by atoms with Crippen LogP contribution in [0.25, 0.3) is 0 Å². The van der Waals surface area contributed by atoms with Gasteiger partial charge in [0.25, 0.3) is 5.69 Å². The minimum Gasteiger partial charge on any atom is -0.285 e. The van der Waals surface area contributed by atoms with Gasteiger partial charge in [-0.3, -0.25) is 19.8 Å². The van der Waals surface area contributed by atoms with Crippen LogP contribution in [0.15, 0.2) is 34.5 Å². The van der Waals surface area contributed by atoms with E-state index >= 15 is 0 Å². The standard InChI is InChI=1S/C15H18N4O3S/c1-3-12(4-2)16-17-15-18(14(20)10-23-15)9-11-5-7-13(8-6-11)19(21)22/h5-8H,3-4,9-10H2,1-2H3/b17-15-.